The largest absolute Gasteiger partial charge is 0.497 e. The molecule has 17 heteroatoms. The molecule has 1 aliphatic carbocycles. The first kappa shape index (κ1) is 45.6. The molecule has 0 spiro atoms. The summed E-state index contributed by atoms with van der Waals surface area (Å²) in [5.41, 5.74) is -1.03. The molecule has 1 saturated carbocycles. The maximum atomic E-state index is 15.1. The molecular weight excluding hydrogens is 829 g/mol. The summed E-state index contributed by atoms with van der Waals surface area (Å²) in [7, 11) is -1.43. The second kappa shape index (κ2) is 18.2. The monoisotopic (exact) mass is 878 g/mol. The highest BCUT2D eigenvalue weighted by molar-refractivity contribution is 7.90. The number of nitrogens with zero attached hydrogens (tertiary/aromatic N) is 4. The topological polar surface area (TPSA) is 205 Å². The van der Waals surface area contributed by atoms with Crippen LogP contribution in [0.1, 0.15) is 40.5 Å². The molecule has 2 heterocycles. The first-order valence-corrected chi connectivity index (χ1v) is 21.6. The Morgan fingerprint density at radius 2 is 1.71 bits per heavy atom. The molecule has 2 fully saturated rings. The average molecular weight is 879 g/mol. The highest BCUT2D eigenvalue weighted by Crippen LogP contribution is 2.45. The van der Waals surface area contributed by atoms with Gasteiger partial charge in [0.15, 0.2) is 0 Å². The quantitative estimate of drug-likeness (QED) is 0.119. The van der Waals surface area contributed by atoms with Gasteiger partial charge >= 0.3 is 6.09 Å². The fourth-order valence-corrected chi connectivity index (χ4v) is 8.87. The molecule has 0 unspecified atom stereocenters. The van der Waals surface area contributed by atoms with E-state index in [1.165, 1.54) is 56.3 Å². The van der Waals surface area contributed by atoms with E-state index in [0.29, 0.717) is 28.1 Å². The number of benzene rings is 3. The van der Waals surface area contributed by atoms with Crippen molar-refractivity contribution >= 4 is 50.6 Å². The van der Waals surface area contributed by atoms with Crippen LogP contribution in [-0.4, -0.2) is 119 Å². The second-order valence-corrected chi connectivity index (χ2v) is 18.1. The van der Waals surface area contributed by atoms with Crippen molar-refractivity contribution in [3.05, 3.63) is 97.6 Å². The van der Waals surface area contributed by atoms with Crippen molar-refractivity contribution in [1.29, 1.82) is 0 Å². The number of rotatable bonds is 14. The van der Waals surface area contributed by atoms with Crippen LogP contribution in [0.4, 0.5) is 4.79 Å². The molecular formula is C46H50N6O10S. The van der Waals surface area contributed by atoms with Crippen LogP contribution in [-0.2, 0) is 29.2 Å². The van der Waals surface area contributed by atoms with E-state index >= 15 is 4.79 Å². The maximum Gasteiger partial charge on any atom is 0.408 e. The number of hydrogen-bond acceptors (Lipinski definition) is 10. The van der Waals surface area contributed by atoms with E-state index in [9.17, 15) is 32.7 Å². The molecule has 2 aliphatic rings. The van der Waals surface area contributed by atoms with Crippen LogP contribution < -0.4 is 19.5 Å². The Labute approximate surface area is 366 Å². The molecule has 6 rings (SSSR count). The lowest BCUT2D eigenvalue weighted by molar-refractivity contribution is -0.145. The average Bonchev–Trinajstić information content (AvgIpc) is 3.81. The molecule has 0 bridgehead atoms. The number of carbonyl (C=O) groups excluding carboxylic acids is 4. The minimum atomic E-state index is -4.35. The number of aromatic nitrogens is 1. The molecule has 0 radical (unpaired) electrons. The molecule has 5 atom stereocenters. The molecule has 3 N–H and O–H groups in total. The van der Waals surface area contributed by atoms with E-state index < -0.39 is 81.5 Å². The summed E-state index contributed by atoms with van der Waals surface area (Å²) >= 11 is 0. The van der Waals surface area contributed by atoms with Crippen molar-refractivity contribution in [2.75, 3.05) is 27.2 Å². The number of carbonyl (C=O) groups is 5. The SMILES string of the molecule is C=C[C@@H]1C[C@]1(NC(=O)[C@@H]1C[C@@H](Oc2cc(-c3ccccc3)nc3cc(OC)ccc23)CN1C(=O)[C@H](CN(C)C(=O)C#CC)N(C(=O)O)C(C)(C)C)C(=O)NS(=O)(=O)c1ccccc1. The third-order valence-corrected chi connectivity index (χ3v) is 12.4. The van der Waals surface area contributed by atoms with Gasteiger partial charge in [-0.2, -0.15) is 0 Å². The number of fused-ring (bicyclic) bond motifs is 1. The highest BCUT2D eigenvalue weighted by Gasteiger charge is 2.61. The molecule has 1 saturated heterocycles. The number of ether oxygens (including phenoxy) is 2. The standard InChI is InChI=1S/C46H50N6O10S/c1-8-16-40(53)50(6)28-38(52(44(57)58)45(3,4)5)42(55)51-27-32(62-39-25-35(29-17-12-10-13-18-29)47-36-23-31(61-7)21-22-34(36)39)24-37(51)41(54)48-46(26-30(46)9-2)43(56)49-63(59,60)33-19-14-11-15-20-33/h9-15,17-23,25,30,32,37-38H,2,24,26-28H2,1,3-7H3,(H,48,54)(H,49,56)(H,57,58)/t30-,32-,37+,38+,46-/m1/s1. The van der Waals surface area contributed by atoms with Gasteiger partial charge in [0, 0.05) is 48.0 Å². The summed E-state index contributed by atoms with van der Waals surface area (Å²) in [4.78, 5) is 77.5. The summed E-state index contributed by atoms with van der Waals surface area (Å²) in [5.74, 6) is 1.87. The zero-order chi connectivity index (χ0) is 45.9. The van der Waals surface area contributed by atoms with Crippen molar-refractivity contribution < 1.29 is 47.0 Å². The van der Waals surface area contributed by atoms with Gasteiger partial charge in [0.05, 0.1) is 36.3 Å². The van der Waals surface area contributed by atoms with Gasteiger partial charge in [-0.1, -0.05) is 60.5 Å². The van der Waals surface area contributed by atoms with Gasteiger partial charge in [0.2, 0.25) is 11.8 Å². The maximum absolute atomic E-state index is 15.1. The molecule has 63 heavy (non-hydrogen) atoms. The Hall–Kier alpha value is -6.93. The van der Waals surface area contributed by atoms with Crippen LogP contribution >= 0.6 is 0 Å². The first-order chi connectivity index (χ1) is 29.8. The number of methoxy groups -OCH3 is 1. The molecule has 5 amide bonds. The van der Waals surface area contributed by atoms with E-state index in [4.69, 9.17) is 14.5 Å². The number of sulfonamides is 1. The second-order valence-electron chi connectivity index (χ2n) is 16.4. The Morgan fingerprint density at radius 1 is 1.05 bits per heavy atom. The van der Waals surface area contributed by atoms with Gasteiger partial charge in [-0.15, -0.1) is 6.58 Å². The van der Waals surface area contributed by atoms with E-state index in [1.54, 1.807) is 51.1 Å². The predicted molar refractivity (Wildman–Crippen MR) is 234 cm³/mol. The number of likely N-dealkylation sites (tertiary alicyclic amines) is 1. The normalized spacial score (nSPS) is 19.7. The van der Waals surface area contributed by atoms with Crippen LogP contribution in [0.5, 0.6) is 11.5 Å². The summed E-state index contributed by atoms with van der Waals surface area (Å²) in [5, 5.41) is 13.9. The number of hydrogen-bond donors (Lipinski definition) is 3. The Bertz CT molecular complexity index is 2610. The number of pyridine rings is 1. The molecule has 4 aromatic rings. The Balaban J connectivity index is 1.41. The van der Waals surface area contributed by atoms with Crippen molar-refractivity contribution in [2.45, 2.75) is 74.7 Å². The minimum Gasteiger partial charge on any atom is -0.497 e. The van der Waals surface area contributed by atoms with Gasteiger partial charge < -0.3 is 29.7 Å². The van der Waals surface area contributed by atoms with Crippen LogP contribution in [0, 0.1) is 17.8 Å². The summed E-state index contributed by atoms with van der Waals surface area (Å²) in [6.07, 6.45) is -1.04. The van der Waals surface area contributed by atoms with E-state index in [0.717, 1.165) is 15.4 Å². The molecule has 1 aliphatic heterocycles. The van der Waals surface area contributed by atoms with Crippen LogP contribution in [0.25, 0.3) is 22.2 Å². The van der Waals surface area contributed by atoms with E-state index in [2.05, 4.69) is 28.5 Å². The predicted octanol–water partition coefficient (Wildman–Crippen LogP) is 4.45. The van der Waals surface area contributed by atoms with Crippen molar-refractivity contribution in [3.8, 4) is 34.6 Å². The van der Waals surface area contributed by atoms with Gasteiger partial charge in [-0.25, -0.2) is 22.9 Å². The van der Waals surface area contributed by atoms with Gasteiger partial charge in [0.25, 0.3) is 21.8 Å². The van der Waals surface area contributed by atoms with Crippen LogP contribution in [0.15, 0.2) is 102 Å². The lowest BCUT2D eigenvalue weighted by atomic mass is 10.0. The van der Waals surface area contributed by atoms with Crippen LogP contribution in [0.3, 0.4) is 0 Å². The van der Waals surface area contributed by atoms with Crippen LogP contribution in [0.2, 0.25) is 0 Å². The fourth-order valence-electron chi connectivity index (χ4n) is 7.81. The third kappa shape index (κ3) is 9.76. The zero-order valence-electron chi connectivity index (χ0n) is 35.8. The molecule has 16 nitrogen and oxygen atoms in total. The third-order valence-electron chi connectivity index (χ3n) is 11.1. The number of likely N-dealkylation sites (N-methyl/N-ethyl adjacent to an activating group) is 1. The lowest BCUT2D eigenvalue weighted by Gasteiger charge is -2.41. The van der Waals surface area contributed by atoms with Gasteiger partial charge in [0.1, 0.15) is 35.2 Å². The first-order valence-electron chi connectivity index (χ1n) is 20.1. The van der Waals surface area contributed by atoms with Crippen molar-refractivity contribution in [3.63, 3.8) is 0 Å². The van der Waals surface area contributed by atoms with Crippen molar-refractivity contribution in [1.82, 2.24) is 29.7 Å². The fraction of sp³-hybridized carbons (Fsp3) is 0.348. The van der Waals surface area contributed by atoms with Crippen molar-refractivity contribution in [2.24, 2.45) is 5.92 Å². The zero-order valence-corrected chi connectivity index (χ0v) is 36.6. The lowest BCUT2D eigenvalue weighted by Crippen LogP contribution is -2.63. The van der Waals surface area contributed by atoms with Gasteiger partial charge in [-0.3, -0.25) is 24.1 Å². The summed E-state index contributed by atoms with van der Waals surface area (Å²) < 4.78 is 40.8. The molecule has 330 valence electrons. The number of amides is 5. The summed E-state index contributed by atoms with van der Waals surface area (Å²) in [6.45, 7) is 9.38. The summed E-state index contributed by atoms with van der Waals surface area (Å²) in [6, 6.07) is 20.7. The highest BCUT2D eigenvalue weighted by atomic mass is 32.2. The smallest absolute Gasteiger partial charge is 0.408 e. The molecule has 1 aromatic heterocycles. The number of nitrogens with one attached hydrogen (secondary N) is 2. The molecule has 3 aromatic carbocycles. The Kier molecular flexibility index (Phi) is 13.2. The number of carboxylic acid groups (broad SMARTS) is 1. The van der Waals surface area contributed by atoms with E-state index in [-0.39, 0.29) is 24.3 Å². The Morgan fingerprint density at radius 3 is 2.30 bits per heavy atom. The minimum absolute atomic E-state index is 0.0124. The van der Waals surface area contributed by atoms with Gasteiger partial charge in [-0.05, 0) is 64.3 Å². The van der Waals surface area contributed by atoms with E-state index in [1.807, 2.05) is 30.3 Å².